The quantitative estimate of drug-likeness (QED) is 0.552. The molecule has 0 saturated heterocycles. The fraction of sp³-hybridized carbons (Fsp3) is 0.562. The molecule has 0 amide bonds. The van der Waals surface area contributed by atoms with E-state index in [1.807, 2.05) is 0 Å². The highest BCUT2D eigenvalue weighted by atomic mass is 35.5. The van der Waals surface area contributed by atoms with E-state index in [4.69, 9.17) is 22.1 Å². The molecule has 1 aromatic carbocycles. The average molecular weight is 380 g/mol. The molecule has 1 aliphatic rings. The van der Waals surface area contributed by atoms with Gasteiger partial charge in [-0.25, -0.2) is 0 Å². The standard InChI is InChI=1S/C16H21ClF3N3O2/c1-25-13-5-4-11(7-12(13)17)23-14(21)22-9-15(24)6-2-3-10(8-15)16(18,19)20/h4-5,7,10,24H,2-3,6,8-9H2,1H3,(H3,21,22,23). The van der Waals surface area contributed by atoms with Crippen molar-refractivity contribution in [3.63, 3.8) is 0 Å². The molecule has 0 bridgehead atoms. The van der Waals surface area contributed by atoms with Gasteiger partial charge in [-0.1, -0.05) is 11.6 Å². The number of ether oxygens (including phenoxy) is 1. The zero-order valence-electron chi connectivity index (χ0n) is 13.7. The van der Waals surface area contributed by atoms with E-state index in [9.17, 15) is 18.3 Å². The first-order chi connectivity index (χ1) is 11.6. The minimum absolute atomic E-state index is 0.0104. The summed E-state index contributed by atoms with van der Waals surface area (Å²) in [5, 5.41) is 13.6. The number of aliphatic hydroxyl groups is 1. The summed E-state index contributed by atoms with van der Waals surface area (Å²) in [6, 6.07) is 4.89. The molecule has 2 atom stereocenters. The summed E-state index contributed by atoms with van der Waals surface area (Å²) < 4.78 is 43.6. The Hall–Kier alpha value is -1.67. The van der Waals surface area contributed by atoms with E-state index in [1.54, 1.807) is 18.2 Å². The molecule has 0 aliphatic heterocycles. The number of hydrogen-bond donors (Lipinski definition) is 3. The molecule has 1 saturated carbocycles. The van der Waals surface area contributed by atoms with Gasteiger partial charge in [-0.3, -0.25) is 4.99 Å². The highest BCUT2D eigenvalue weighted by Crippen LogP contribution is 2.41. The van der Waals surface area contributed by atoms with Gasteiger partial charge in [0.05, 0.1) is 30.2 Å². The summed E-state index contributed by atoms with van der Waals surface area (Å²) >= 11 is 6.00. The van der Waals surface area contributed by atoms with Gasteiger partial charge < -0.3 is 20.9 Å². The molecule has 140 valence electrons. The normalized spacial score (nSPS) is 24.9. The number of nitrogens with one attached hydrogen (secondary N) is 1. The van der Waals surface area contributed by atoms with Crippen molar-refractivity contribution in [2.75, 3.05) is 19.0 Å². The number of nitrogens with zero attached hydrogens (tertiary/aromatic N) is 1. The Morgan fingerprint density at radius 3 is 2.84 bits per heavy atom. The third-order valence-electron chi connectivity index (χ3n) is 4.25. The molecule has 1 fully saturated rings. The number of hydrogen-bond acceptors (Lipinski definition) is 3. The first-order valence-electron chi connectivity index (χ1n) is 7.82. The molecule has 25 heavy (non-hydrogen) atoms. The first-order valence-corrected chi connectivity index (χ1v) is 8.20. The highest BCUT2D eigenvalue weighted by molar-refractivity contribution is 6.32. The lowest BCUT2D eigenvalue weighted by molar-refractivity contribution is -0.199. The van der Waals surface area contributed by atoms with Crippen LogP contribution in [0.15, 0.2) is 23.2 Å². The molecule has 4 N–H and O–H groups in total. The van der Waals surface area contributed by atoms with Crippen LogP contribution in [0.5, 0.6) is 5.75 Å². The third-order valence-corrected chi connectivity index (χ3v) is 4.55. The number of halogens is 4. The molecule has 0 aromatic heterocycles. The van der Waals surface area contributed by atoms with Gasteiger partial charge in [-0.15, -0.1) is 0 Å². The molecule has 0 radical (unpaired) electrons. The summed E-state index contributed by atoms with van der Waals surface area (Å²) in [4.78, 5) is 4.00. The lowest BCUT2D eigenvalue weighted by atomic mass is 9.78. The summed E-state index contributed by atoms with van der Waals surface area (Å²) in [6.45, 7) is -0.192. The van der Waals surface area contributed by atoms with Gasteiger partial charge in [0.15, 0.2) is 5.96 Å². The number of benzene rings is 1. The Kier molecular flexibility index (Phi) is 6.05. The predicted octanol–water partition coefficient (Wildman–Crippen LogP) is 3.56. The largest absolute Gasteiger partial charge is 0.495 e. The van der Waals surface area contributed by atoms with Gasteiger partial charge in [0.25, 0.3) is 0 Å². The number of anilines is 1. The number of nitrogens with two attached hydrogens (primary N) is 1. The molecule has 1 aliphatic carbocycles. The van der Waals surface area contributed by atoms with Crippen molar-refractivity contribution in [2.45, 2.75) is 37.5 Å². The summed E-state index contributed by atoms with van der Waals surface area (Å²) in [5.41, 5.74) is 4.81. The van der Waals surface area contributed by atoms with E-state index in [0.29, 0.717) is 22.9 Å². The van der Waals surface area contributed by atoms with Crippen molar-refractivity contribution in [3.8, 4) is 5.75 Å². The molecule has 1 aromatic rings. The molecular formula is C16H21ClF3N3O2. The zero-order chi connectivity index (χ0) is 18.7. The van der Waals surface area contributed by atoms with Gasteiger partial charge in [0.2, 0.25) is 0 Å². The van der Waals surface area contributed by atoms with Crippen molar-refractivity contribution in [2.24, 2.45) is 16.6 Å². The molecule has 9 heteroatoms. The van der Waals surface area contributed by atoms with Crippen LogP contribution in [0, 0.1) is 5.92 Å². The maximum absolute atomic E-state index is 12.9. The smallest absolute Gasteiger partial charge is 0.391 e. The zero-order valence-corrected chi connectivity index (χ0v) is 14.5. The molecule has 0 heterocycles. The van der Waals surface area contributed by atoms with Crippen LogP contribution < -0.4 is 15.8 Å². The van der Waals surface area contributed by atoms with E-state index in [2.05, 4.69) is 10.3 Å². The Balaban J connectivity index is 1.99. The van der Waals surface area contributed by atoms with Crippen LogP contribution in [0.25, 0.3) is 0 Å². The summed E-state index contributed by atoms with van der Waals surface area (Å²) in [5.74, 6) is -1.02. The van der Waals surface area contributed by atoms with E-state index in [0.717, 1.165) is 0 Å². The van der Waals surface area contributed by atoms with Gasteiger partial charge in [-0.2, -0.15) is 13.2 Å². The van der Waals surface area contributed by atoms with Crippen molar-refractivity contribution >= 4 is 23.2 Å². The van der Waals surface area contributed by atoms with Crippen molar-refractivity contribution in [1.82, 2.24) is 0 Å². The van der Waals surface area contributed by atoms with Crippen LogP contribution in [0.2, 0.25) is 5.02 Å². The minimum Gasteiger partial charge on any atom is -0.495 e. The number of aliphatic imine (C=N–C) groups is 1. The van der Waals surface area contributed by atoms with Gasteiger partial charge >= 0.3 is 6.18 Å². The van der Waals surface area contributed by atoms with Gasteiger partial charge in [0, 0.05) is 5.69 Å². The van der Waals surface area contributed by atoms with Gasteiger partial charge in [-0.05, 0) is 43.9 Å². The van der Waals surface area contributed by atoms with Crippen LogP contribution in [-0.2, 0) is 0 Å². The lowest BCUT2D eigenvalue weighted by Crippen LogP contribution is -2.43. The second-order valence-corrected chi connectivity index (χ2v) is 6.64. The molecule has 2 unspecified atom stereocenters. The second-order valence-electron chi connectivity index (χ2n) is 6.24. The van der Waals surface area contributed by atoms with Gasteiger partial charge in [0.1, 0.15) is 5.75 Å². The highest BCUT2D eigenvalue weighted by Gasteiger charge is 2.46. The van der Waals surface area contributed by atoms with E-state index < -0.39 is 17.7 Å². The van der Waals surface area contributed by atoms with E-state index in [1.165, 1.54) is 7.11 Å². The Bertz CT molecular complexity index is 640. The van der Waals surface area contributed by atoms with Crippen LogP contribution in [0.3, 0.4) is 0 Å². The topological polar surface area (TPSA) is 79.9 Å². The Morgan fingerprint density at radius 1 is 1.52 bits per heavy atom. The summed E-state index contributed by atoms with van der Waals surface area (Å²) in [7, 11) is 1.49. The third kappa shape index (κ3) is 5.40. The molecule has 2 rings (SSSR count). The maximum Gasteiger partial charge on any atom is 0.391 e. The maximum atomic E-state index is 12.9. The van der Waals surface area contributed by atoms with Crippen molar-refractivity contribution in [3.05, 3.63) is 23.2 Å². The number of guanidine groups is 1. The molecule has 5 nitrogen and oxygen atoms in total. The fourth-order valence-electron chi connectivity index (χ4n) is 2.93. The van der Waals surface area contributed by atoms with E-state index >= 15 is 0 Å². The van der Waals surface area contributed by atoms with E-state index in [-0.39, 0.29) is 31.8 Å². The Labute approximate surface area is 149 Å². The van der Waals surface area contributed by atoms with Crippen LogP contribution >= 0.6 is 11.6 Å². The number of methoxy groups -OCH3 is 1. The first kappa shape index (κ1) is 19.7. The van der Waals surface area contributed by atoms with Crippen LogP contribution in [0.4, 0.5) is 18.9 Å². The second kappa shape index (κ2) is 7.70. The Morgan fingerprint density at radius 2 is 2.24 bits per heavy atom. The molecular weight excluding hydrogens is 359 g/mol. The van der Waals surface area contributed by atoms with Crippen LogP contribution in [0.1, 0.15) is 25.7 Å². The predicted molar refractivity (Wildman–Crippen MR) is 91.1 cm³/mol. The molecule has 0 spiro atoms. The number of alkyl halides is 3. The fourth-order valence-corrected chi connectivity index (χ4v) is 3.18. The number of rotatable bonds is 4. The van der Waals surface area contributed by atoms with Crippen molar-refractivity contribution in [1.29, 1.82) is 0 Å². The lowest BCUT2D eigenvalue weighted by Gasteiger charge is -2.36. The average Bonchev–Trinajstić information content (AvgIpc) is 2.53. The minimum atomic E-state index is -4.30. The van der Waals surface area contributed by atoms with Crippen LogP contribution in [-0.4, -0.2) is 36.5 Å². The summed E-state index contributed by atoms with van der Waals surface area (Å²) in [6.07, 6.45) is -4.06. The SMILES string of the molecule is COc1ccc(NC(N)=NCC2(O)CCCC(C(F)(F)F)C2)cc1Cl. The monoisotopic (exact) mass is 379 g/mol. The van der Waals surface area contributed by atoms with Crippen molar-refractivity contribution < 1.29 is 23.0 Å².